The number of thioether (sulfide) groups is 1. The Morgan fingerprint density at radius 3 is 2.42 bits per heavy atom. The average molecular weight is 441 g/mol. The molecule has 0 fully saturated rings. The van der Waals surface area contributed by atoms with Crippen LogP contribution in [-0.4, -0.2) is 54.6 Å². The van der Waals surface area contributed by atoms with E-state index in [2.05, 4.69) is 46.1 Å². The van der Waals surface area contributed by atoms with Crippen molar-refractivity contribution < 1.29 is 14.7 Å². The summed E-state index contributed by atoms with van der Waals surface area (Å²) < 4.78 is 3.41. The van der Waals surface area contributed by atoms with Gasteiger partial charge in [0, 0.05) is 25.0 Å². The summed E-state index contributed by atoms with van der Waals surface area (Å²) in [4.78, 5) is 26.0. The molecular weight excluding hydrogens is 421 g/mol. The fourth-order valence-corrected chi connectivity index (χ4v) is 4.09. The number of aliphatic imine (C=N–C) groups is 1. The SMILES string of the molecule is CC(=O)O.Cc1cc(/C=C2\SC(Nc3cc[c]([Na])cc3)=NC2=O)ccc1-n1cccc1. The first-order valence-corrected chi connectivity index (χ1v) is 11.4. The van der Waals surface area contributed by atoms with E-state index in [9.17, 15) is 4.79 Å². The number of aliphatic carboxylic acids is 1. The quantitative estimate of drug-likeness (QED) is 0.478. The molecule has 0 radical (unpaired) electrons. The molecule has 0 atom stereocenters. The Labute approximate surface area is 202 Å². The monoisotopic (exact) mass is 441 g/mol. The molecule has 2 aromatic carbocycles. The zero-order valence-corrected chi connectivity index (χ0v) is 20.3. The maximum atomic E-state index is 12.3. The number of anilines is 1. The number of aromatic nitrogens is 1. The molecule has 1 aliphatic rings. The second-order valence-electron chi connectivity index (χ2n) is 6.98. The first kappa shape index (κ1) is 23.1. The van der Waals surface area contributed by atoms with E-state index in [0.29, 0.717) is 10.1 Å². The van der Waals surface area contributed by atoms with Crippen LogP contribution in [-0.2, 0) is 9.59 Å². The van der Waals surface area contributed by atoms with Crippen molar-refractivity contribution >= 4 is 71.3 Å². The molecule has 0 saturated carbocycles. The molecule has 0 bridgehead atoms. The Hall–Kier alpha value is -2.58. The van der Waals surface area contributed by atoms with Crippen LogP contribution >= 0.6 is 11.8 Å². The van der Waals surface area contributed by atoms with Crippen LogP contribution in [0.4, 0.5) is 5.69 Å². The minimum atomic E-state index is -0.833. The van der Waals surface area contributed by atoms with Crippen LogP contribution in [0.5, 0.6) is 0 Å². The summed E-state index contributed by atoms with van der Waals surface area (Å²) in [5.41, 5.74) is 4.23. The molecule has 3 aromatic rings. The average Bonchev–Trinajstić information content (AvgIpc) is 3.34. The smallest absolute Gasteiger partial charge is 0.324 e. The third kappa shape index (κ3) is 6.70. The van der Waals surface area contributed by atoms with Gasteiger partial charge in [0.05, 0.1) is 0 Å². The summed E-state index contributed by atoms with van der Waals surface area (Å²) in [6.45, 7) is 3.16. The molecule has 2 heterocycles. The van der Waals surface area contributed by atoms with Crippen molar-refractivity contribution in [3.05, 3.63) is 83.0 Å². The Morgan fingerprint density at radius 2 is 1.81 bits per heavy atom. The minimum Gasteiger partial charge on any atom is -0.324 e. The first-order valence-electron chi connectivity index (χ1n) is 9.61. The first-order chi connectivity index (χ1) is 14.8. The molecule has 0 saturated heterocycles. The molecule has 6 nitrogen and oxygen atoms in total. The number of carbonyl (C=O) groups is 2. The second kappa shape index (κ2) is 10.6. The Kier molecular flexibility index (Phi) is 7.92. The van der Waals surface area contributed by atoms with Gasteiger partial charge >= 0.3 is 139 Å². The number of aryl methyl sites for hydroxylation is 1. The van der Waals surface area contributed by atoms with Gasteiger partial charge in [0.1, 0.15) is 0 Å². The summed E-state index contributed by atoms with van der Waals surface area (Å²) in [5, 5.41) is 11.3. The number of carboxylic acids is 1. The van der Waals surface area contributed by atoms with Crippen LogP contribution in [0.2, 0.25) is 0 Å². The molecule has 0 aliphatic carbocycles. The van der Waals surface area contributed by atoms with E-state index in [1.165, 1.54) is 14.6 Å². The molecule has 8 heteroatoms. The number of carbonyl (C=O) groups excluding carboxylic acids is 1. The molecule has 2 N–H and O–H groups in total. The maximum absolute atomic E-state index is 12.3. The van der Waals surface area contributed by atoms with E-state index < -0.39 is 5.97 Å². The molecular formula is C23H20N3NaO3S. The molecule has 31 heavy (non-hydrogen) atoms. The molecule has 4 rings (SSSR count). The van der Waals surface area contributed by atoms with Gasteiger partial charge in [-0.1, -0.05) is 0 Å². The van der Waals surface area contributed by atoms with Crippen molar-refractivity contribution in [3.63, 3.8) is 0 Å². The summed E-state index contributed by atoms with van der Waals surface area (Å²) in [7, 11) is 0. The van der Waals surface area contributed by atoms with Gasteiger partial charge in [0.2, 0.25) is 0 Å². The summed E-state index contributed by atoms with van der Waals surface area (Å²) in [6.07, 6.45) is 5.95. The fourth-order valence-electron chi connectivity index (χ4n) is 2.93. The van der Waals surface area contributed by atoms with E-state index >= 15 is 0 Å². The molecule has 1 aliphatic heterocycles. The van der Waals surface area contributed by atoms with Gasteiger partial charge in [-0.25, -0.2) is 0 Å². The number of amides is 1. The normalized spacial score (nSPS) is 14.1. The number of nitrogens with zero attached hydrogens (tertiary/aromatic N) is 2. The van der Waals surface area contributed by atoms with E-state index in [-0.39, 0.29) is 5.91 Å². The van der Waals surface area contributed by atoms with Crippen molar-refractivity contribution in [2.24, 2.45) is 4.99 Å². The number of hydrogen-bond acceptors (Lipinski definition) is 4. The summed E-state index contributed by atoms with van der Waals surface area (Å²) >= 11 is 2.40. The number of nitrogens with one attached hydrogen (secondary N) is 1. The molecule has 1 amide bonds. The Balaban J connectivity index is 0.000000628. The van der Waals surface area contributed by atoms with Crippen LogP contribution < -0.4 is 8.13 Å². The van der Waals surface area contributed by atoms with Crippen molar-refractivity contribution in [2.45, 2.75) is 13.8 Å². The third-order valence-corrected chi connectivity index (χ3v) is 5.89. The van der Waals surface area contributed by atoms with E-state index in [1.54, 1.807) is 0 Å². The van der Waals surface area contributed by atoms with E-state index in [0.717, 1.165) is 57.4 Å². The van der Waals surface area contributed by atoms with Crippen molar-refractivity contribution in [1.82, 2.24) is 4.57 Å². The molecule has 0 spiro atoms. The van der Waals surface area contributed by atoms with Gasteiger partial charge in [0.25, 0.3) is 5.97 Å². The van der Waals surface area contributed by atoms with Crippen molar-refractivity contribution in [1.29, 1.82) is 0 Å². The number of carboxylic acid groups (broad SMARTS) is 1. The van der Waals surface area contributed by atoms with E-state index in [1.807, 2.05) is 48.8 Å². The molecule has 0 unspecified atom stereocenters. The predicted molar refractivity (Wildman–Crippen MR) is 127 cm³/mol. The van der Waals surface area contributed by atoms with Crippen LogP contribution in [0.15, 0.2) is 76.9 Å². The fraction of sp³-hybridized carbons (Fsp3) is 0.0870. The molecule has 1 aromatic heterocycles. The summed E-state index contributed by atoms with van der Waals surface area (Å²) in [5.74, 6) is -1.03. The van der Waals surface area contributed by atoms with Gasteiger partial charge in [-0.15, -0.1) is 0 Å². The van der Waals surface area contributed by atoms with Crippen LogP contribution in [0, 0.1) is 6.92 Å². The predicted octanol–water partition coefficient (Wildman–Crippen LogP) is 3.75. The van der Waals surface area contributed by atoms with Crippen LogP contribution in [0.25, 0.3) is 11.8 Å². The summed E-state index contributed by atoms with van der Waals surface area (Å²) in [6, 6.07) is 18.4. The number of hydrogen-bond donors (Lipinski definition) is 2. The van der Waals surface area contributed by atoms with Crippen LogP contribution in [0.3, 0.4) is 0 Å². The van der Waals surface area contributed by atoms with Crippen molar-refractivity contribution in [2.75, 3.05) is 5.32 Å². The topological polar surface area (TPSA) is 83.7 Å². The van der Waals surface area contributed by atoms with Crippen molar-refractivity contribution in [3.8, 4) is 5.69 Å². The Morgan fingerprint density at radius 1 is 1.16 bits per heavy atom. The van der Waals surface area contributed by atoms with E-state index in [4.69, 9.17) is 9.90 Å². The Bertz CT molecular complexity index is 1150. The number of benzene rings is 2. The van der Waals surface area contributed by atoms with Gasteiger partial charge in [0.15, 0.2) is 0 Å². The van der Waals surface area contributed by atoms with Gasteiger partial charge in [-0.2, -0.15) is 0 Å². The molecule has 152 valence electrons. The zero-order chi connectivity index (χ0) is 22.4. The minimum absolute atomic E-state index is 0.200. The van der Waals surface area contributed by atoms with Gasteiger partial charge in [-0.05, 0) is 19.1 Å². The van der Waals surface area contributed by atoms with Crippen LogP contribution in [0.1, 0.15) is 18.1 Å². The van der Waals surface area contributed by atoms with Gasteiger partial charge in [-0.3, -0.25) is 4.79 Å². The van der Waals surface area contributed by atoms with Gasteiger partial charge < -0.3 is 9.67 Å². The number of rotatable bonds is 3. The number of amidine groups is 1. The second-order valence-corrected chi connectivity index (χ2v) is 9.16. The third-order valence-electron chi connectivity index (χ3n) is 4.32. The zero-order valence-electron chi connectivity index (χ0n) is 17.5. The standard InChI is InChI=1S/C21H16N3OS.C2H4O2.Na/c1-15-13-16(9-10-18(15)24-11-5-6-12-24)14-19-20(25)23-21(26-19)22-17-7-3-2-4-8-17;1-2(3)4;/h3-14H,1H3,(H,22,23,25);1H3,(H,3,4);/b19-14-;;.